The Bertz CT molecular complexity index is 460. The lowest BCUT2D eigenvalue weighted by Crippen LogP contribution is -2.03. The molecule has 0 fully saturated rings. The number of hydrogen-bond acceptors (Lipinski definition) is 2. The van der Waals surface area contributed by atoms with Crippen LogP contribution < -0.4 is 0 Å². The fraction of sp³-hybridized carbons (Fsp3) is 0.286. The normalized spacial score (nSPS) is 12.7. The minimum atomic E-state index is -0.394. The van der Waals surface area contributed by atoms with E-state index in [-0.39, 0.29) is 0 Å². The number of aryl methyl sites for hydroxylation is 2. The van der Waals surface area contributed by atoms with Gasteiger partial charge in [0.2, 0.25) is 0 Å². The standard InChI is InChI=1S/C14H16OS/c1-10-3-4-11(2)13(7-10)14(15)8-12-5-6-16-9-12/h3-7,9,14-15H,8H2,1-2H3. The minimum Gasteiger partial charge on any atom is -0.388 e. The second-order valence-corrected chi connectivity index (χ2v) is 4.99. The summed E-state index contributed by atoms with van der Waals surface area (Å²) in [5, 5.41) is 14.3. The Morgan fingerprint density at radius 1 is 1.25 bits per heavy atom. The van der Waals surface area contributed by atoms with E-state index >= 15 is 0 Å². The maximum absolute atomic E-state index is 10.2. The second kappa shape index (κ2) is 4.81. The van der Waals surface area contributed by atoms with Crippen molar-refractivity contribution in [3.05, 3.63) is 57.3 Å². The van der Waals surface area contributed by atoms with E-state index in [2.05, 4.69) is 36.6 Å². The average molecular weight is 232 g/mol. The summed E-state index contributed by atoms with van der Waals surface area (Å²) in [4.78, 5) is 0. The molecule has 0 spiro atoms. The van der Waals surface area contributed by atoms with Crippen LogP contribution in [0.1, 0.15) is 28.4 Å². The van der Waals surface area contributed by atoms with E-state index in [4.69, 9.17) is 0 Å². The van der Waals surface area contributed by atoms with Gasteiger partial charge in [-0.1, -0.05) is 23.8 Å². The molecule has 84 valence electrons. The van der Waals surface area contributed by atoms with Gasteiger partial charge in [-0.15, -0.1) is 0 Å². The number of hydrogen-bond donors (Lipinski definition) is 1. The number of thiophene rings is 1. The van der Waals surface area contributed by atoms with Gasteiger partial charge < -0.3 is 5.11 Å². The van der Waals surface area contributed by atoms with Crippen LogP contribution in [0.3, 0.4) is 0 Å². The van der Waals surface area contributed by atoms with Gasteiger partial charge in [0, 0.05) is 6.42 Å². The first-order valence-corrected chi connectivity index (χ1v) is 6.37. The predicted molar refractivity (Wildman–Crippen MR) is 68.9 cm³/mol. The largest absolute Gasteiger partial charge is 0.388 e. The average Bonchev–Trinajstić information content (AvgIpc) is 2.74. The summed E-state index contributed by atoms with van der Waals surface area (Å²) < 4.78 is 0. The van der Waals surface area contributed by atoms with Crippen LogP contribution in [0.5, 0.6) is 0 Å². The van der Waals surface area contributed by atoms with Crippen LogP contribution in [0, 0.1) is 13.8 Å². The first-order valence-electron chi connectivity index (χ1n) is 5.43. The van der Waals surface area contributed by atoms with Crippen LogP contribution in [-0.2, 0) is 6.42 Å². The van der Waals surface area contributed by atoms with E-state index in [1.807, 2.05) is 12.3 Å². The van der Waals surface area contributed by atoms with E-state index in [1.54, 1.807) is 11.3 Å². The molecule has 16 heavy (non-hydrogen) atoms. The summed E-state index contributed by atoms with van der Waals surface area (Å²) in [6.45, 7) is 4.10. The van der Waals surface area contributed by atoms with Gasteiger partial charge in [-0.2, -0.15) is 11.3 Å². The van der Waals surface area contributed by atoms with Gasteiger partial charge in [0.25, 0.3) is 0 Å². The number of benzene rings is 1. The van der Waals surface area contributed by atoms with Crippen molar-refractivity contribution in [1.82, 2.24) is 0 Å². The van der Waals surface area contributed by atoms with Gasteiger partial charge in [-0.3, -0.25) is 0 Å². The highest BCUT2D eigenvalue weighted by Gasteiger charge is 2.11. The van der Waals surface area contributed by atoms with Crippen molar-refractivity contribution in [2.24, 2.45) is 0 Å². The fourth-order valence-electron chi connectivity index (χ4n) is 1.86. The molecule has 0 radical (unpaired) electrons. The van der Waals surface area contributed by atoms with E-state index in [0.717, 1.165) is 11.1 Å². The molecule has 1 nitrogen and oxygen atoms in total. The third-order valence-corrected chi connectivity index (χ3v) is 3.53. The van der Waals surface area contributed by atoms with E-state index < -0.39 is 6.10 Å². The summed E-state index contributed by atoms with van der Waals surface area (Å²) in [6, 6.07) is 8.29. The molecule has 1 unspecified atom stereocenters. The summed E-state index contributed by atoms with van der Waals surface area (Å²) in [5.41, 5.74) is 4.61. The van der Waals surface area contributed by atoms with Gasteiger partial charge >= 0.3 is 0 Å². The maximum Gasteiger partial charge on any atom is 0.0833 e. The molecule has 0 bridgehead atoms. The second-order valence-electron chi connectivity index (χ2n) is 4.21. The van der Waals surface area contributed by atoms with Gasteiger partial charge in [0.15, 0.2) is 0 Å². The van der Waals surface area contributed by atoms with Crippen LogP contribution in [0.25, 0.3) is 0 Å². The molecular weight excluding hydrogens is 216 g/mol. The van der Waals surface area contributed by atoms with Crippen LogP contribution in [0.4, 0.5) is 0 Å². The number of aliphatic hydroxyl groups is 1. The highest BCUT2D eigenvalue weighted by atomic mass is 32.1. The first kappa shape index (κ1) is 11.4. The monoisotopic (exact) mass is 232 g/mol. The van der Waals surface area contributed by atoms with Crippen molar-refractivity contribution < 1.29 is 5.11 Å². The zero-order valence-electron chi connectivity index (χ0n) is 9.60. The lowest BCUT2D eigenvalue weighted by Gasteiger charge is -2.13. The number of rotatable bonds is 3. The van der Waals surface area contributed by atoms with Crippen LogP contribution >= 0.6 is 11.3 Å². The molecule has 1 aromatic heterocycles. The van der Waals surface area contributed by atoms with Crippen molar-refractivity contribution >= 4 is 11.3 Å². The third-order valence-electron chi connectivity index (χ3n) is 2.80. The molecular formula is C14H16OS. The van der Waals surface area contributed by atoms with Crippen LogP contribution in [0.2, 0.25) is 0 Å². The fourth-order valence-corrected chi connectivity index (χ4v) is 2.54. The summed E-state index contributed by atoms with van der Waals surface area (Å²) >= 11 is 1.67. The Morgan fingerprint density at radius 3 is 2.75 bits per heavy atom. The van der Waals surface area contributed by atoms with Crippen LogP contribution in [0.15, 0.2) is 35.0 Å². The SMILES string of the molecule is Cc1ccc(C)c(C(O)Cc2ccsc2)c1. The van der Waals surface area contributed by atoms with Crippen LogP contribution in [-0.4, -0.2) is 5.11 Å². The molecule has 1 N–H and O–H groups in total. The van der Waals surface area contributed by atoms with Gasteiger partial charge in [-0.05, 0) is 47.4 Å². The molecule has 2 rings (SSSR count). The lowest BCUT2D eigenvalue weighted by atomic mass is 9.97. The highest BCUT2D eigenvalue weighted by Crippen LogP contribution is 2.23. The quantitative estimate of drug-likeness (QED) is 0.856. The van der Waals surface area contributed by atoms with E-state index in [9.17, 15) is 5.11 Å². The summed E-state index contributed by atoms with van der Waals surface area (Å²) in [6.07, 6.45) is 0.308. The van der Waals surface area contributed by atoms with Crippen molar-refractivity contribution in [3.8, 4) is 0 Å². The Kier molecular flexibility index (Phi) is 3.42. The molecule has 1 aromatic carbocycles. The molecule has 2 heteroatoms. The molecule has 1 heterocycles. The molecule has 0 amide bonds. The van der Waals surface area contributed by atoms with Gasteiger partial charge in [-0.25, -0.2) is 0 Å². The van der Waals surface area contributed by atoms with Gasteiger partial charge in [0.1, 0.15) is 0 Å². The van der Waals surface area contributed by atoms with Crippen molar-refractivity contribution in [1.29, 1.82) is 0 Å². The van der Waals surface area contributed by atoms with E-state index in [1.165, 1.54) is 11.1 Å². The molecule has 0 aliphatic heterocycles. The lowest BCUT2D eigenvalue weighted by molar-refractivity contribution is 0.178. The third kappa shape index (κ3) is 2.52. The minimum absolute atomic E-state index is 0.394. The van der Waals surface area contributed by atoms with Crippen molar-refractivity contribution in [2.75, 3.05) is 0 Å². The van der Waals surface area contributed by atoms with Crippen molar-refractivity contribution in [2.45, 2.75) is 26.4 Å². The van der Waals surface area contributed by atoms with E-state index in [0.29, 0.717) is 6.42 Å². The summed E-state index contributed by atoms with van der Waals surface area (Å²) in [7, 11) is 0. The zero-order valence-corrected chi connectivity index (χ0v) is 10.4. The molecule has 1 atom stereocenters. The van der Waals surface area contributed by atoms with Gasteiger partial charge in [0.05, 0.1) is 6.10 Å². The topological polar surface area (TPSA) is 20.2 Å². The first-order chi connectivity index (χ1) is 7.66. The Hall–Kier alpha value is -1.12. The molecule has 0 aliphatic rings. The predicted octanol–water partition coefficient (Wildman–Crippen LogP) is 3.64. The number of aliphatic hydroxyl groups excluding tert-OH is 1. The highest BCUT2D eigenvalue weighted by molar-refractivity contribution is 7.07. The Balaban J connectivity index is 2.20. The molecule has 0 saturated heterocycles. The zero-order chi connectivity index (χ0) is 11.5. The maximum atomic E-state index is 10.2. The summed E-state index contributed by atoms with van der Waals surface area (Å²) in [5.74, 6) is 0. The molecule has 0 aliphatic carbocycles. The Labute approximate surface area is 100 Å². The van der Waals surface area contributed by atoms with Crippen molar-refractivity contribution in [3.63, 3.8) is 0 Å². The molecule has 0 saturated carbocycles. The smallest absolute Gasteiger partial charge is 0.0833 e. The Morgan fingerprint density at radius 2 is 2.06 bits per heavy atom. The molecule has 2 aromatic rings.